The summed E-state index contributed by atoms with van der Waals surface area (Å²) in [5, 5.41) is 7.91. The third-order valence-electron chi connectivity index (χ3n) is 2.43. The lowest BCUT2D eigenvalue weighted by atomic mass is 9.94. The second-order valence-corrected chi connectivity index (χ2v) is 3.83. The van der Waals surface area contributed by atoms with Gasteiger partial charge in [-0.25, -0.2) is 0 Å². The van der Waals surface area contributed by atoms with Crippen LogP contribution in [0.3, 0.4) is 0 Å². The standard InChI is InChI=1S/C10H12ClN3/c11-9-6-8(10(12)14-13-9)7-4-2-1-3-5-7/h4,6H,1-3,5H2,(H2,12,14). The molecule has 0 radical (unpaired) electrons. The molecule has 2 N–H and O–H groups in total. The molecule has 1 aliphatic rings. The molecule has 0 fully saturated rings. The van der Waals surface area contributed by atoms with Gasteiger partial charge in [-0.05, 0) is 37.3 Å². The minimum Gasteiger partial charge on any atom is -0.382 e. The summed E-state index contributed by atoms with van der Waals surface area (Å²) in [6.07, 6.45) is 6.87. The highest BCUT2D eigenvalue weighted by Crippen LogP contribution is 2.29. The lowest BCUT2D eigenvalue weighted by Crippen LogP contribution is -2.01. The lowest BCUT2D eigenvalue weighted by Gasteiger charge is -2.13. The minimum atomic E-state index is 0.403. The summed E-state index contributed by atoms with van der Waals surface area (Å²) in [5.41, 5.74) is 7.95. The molecule has 0 bridgehead atoms. The first-order valence-corrected chi connectivity index (χ1v) is 5.13. The van der Waals surface area contributed by atoms with Gasteiger partial charge >= 0.3 is 0 Å². The first-order chi connectivity index (χ1) is 6.77. The van der Waals surface area contributed by atoms with E-state index in [1.54, 1.807) is 6.07 Å². The molecule has 1 aromatic heterocycles. The van der Waals surface area contributed by atoms with Gasteiger partial charge in [-0.1, -0.05) is 17.7 Å². The summed E-state index contributed by atoms with van der Waals surface area (Å²) in [4.78, 5) is 0. The highest BCUT2D eigenvalue weighted by Gasteiger charge is 2.11. The summed E-state index contributed by atoms with van der Waals surface area (Å²) < 4.78 is 0. The third-order valence-corrected chi connectivity index (χ3v) is 2.61. The Hall–Kier alpha value is -1.09. The van der Waals surface area contributed by atoms with Crippen molar-refractivity contribution in [3.63, 3.8) is 0 Å². The van der Waals surface area contributed by atoms with Crippen molar-refractivity contribution in [1.29, 1.82) is 0 Å². The molecule has 1 aliphatic carbocycles. The van der Waals surface area contributed by atoms with Crippen molar-refractivity contribution in [3.8, 4) is 0 Å². The Bertz CT molecular complexity index is 374. The number of halogens is 1. The fraction of sp³-hybridized carbons (Fsp3) is 0.400. The van der Waals surface area contributed by atoms with Gasteiger partial charge in [0.1, 0.15) is 0 Å². The van der Waals surface area contributed by atoms with E-state index in [2.05, 4.69) is 16.3 Å². The molecule has 0 aromatic carbocycles. The first-order valence-electron chi connectivity index (χ1n) is 4.75. The van der Waals surface area contributed by atoms with Crippen LogP contribution in [0, 0.1) is 0 Å². The van der Waals surface area contributed by atoms with Crippen molar-refractivity contribution >= 4 is 23.0 Å². The van der Waals surface area contributed by atoms with Crippen LogP contribution >= 0.6 is 11.6 Å². The number of nitrogens with two attached hydrogens (primary N) is 1. The number of nitrogen functional groups attached to an aromatic ring is 1. The van der Waals surface area contributed by atoms with E-state index in [1.165, 1.54) is 18.4 Å². The van der Waals surface area contributed by atoms with E-state index in [-0.39, 0.29) is 0 Å². The first kappa shape index (κ1) is 9.46. The Morgan fingerprint density at radius 1 is 1.29 bits per heavy atom. The fourth-order valence-electron chi connectivity index (χ4n) is 1.72. The monoisotopic (exact) mass is 209 g/mol. The van der Waals surface area contributed by atoms with Gasteiger partial charge in [-0.15, -0.1) is 10.2 Å². The Kier molecular flexibility index (Phi) is 2.68. The molecule has 1 aromatic rings. The smallest absolute Gasteiger partial charge is 0.153 e. The van der Waals surface area contributed by atoms with E-state index in [0.29, 0.717) is 11.0 Å². The predicted octanol–water partition coefficient (Wildman–Crippen LogP) is 2.67. The molecule has 0 saturated heterocycles. The van der Waals surface area contributed by atoms with Gasteiger partial charge in [0, 0.05) is 5.56 Å². The van der Waals surface area contributed by atoms with Crippen LogP contribution in [0.15, 0.2) is 12.1 Å². The summed E-state index contributed by atoms with van der Waals surface area (Å²) in [6.45, 7) is 0. The minimum absolute atomic E-state index is 0.403. The molecule has 2 rings (SSSR count). The second-order valence-electron chi connectivity index (χ2n) is 3.44. The molecule has 4 heteroatoms. The summed E-state index contributed by atoms with van der Waals surface area (Å²) in [5.74, 6) is 0.475. The van der Waals surface area contributed by atoms with E-state index in [0.717, 1.165) is 18.4 Å². The maximum Gasteiger partial charge on any atom is 0.153 e. The van der Waals surface area contributed by atoms with Crippen molar-refractivity contribution in [2.75, 3.05) is 5.73 Å². The molecule has 0 spiro atoms. The summed E-state index contributed by atoms with van der Waals surface area (Å²) in [6, 6.07) is 1.79. The van der Waals surface area contributed by atoms with Crippen LogP contribution in [0.25, 0.3) is 5.57 Å². The van der Waals surface area contributed by atoms with Crippen molar-refractivity contribution in [2.45, 2.75) is 25.7 Å². The van der Waals surface area contributed by atoms with E-state index >= 15 is 0 Å². The average Bonchev–Trinajstić information content (AvgIpc) is 2.23. The number of allylic oxidation sites excluding steroid dienone is 2. The maximum absolute atomic E-state index is 5.78. The molecule has 1 heterocycles. The van der Waals surface area contributed by atoms with Crippen LogP contribution in [0.4, 0.5) is 5.82 Å². The molecule has 3 nitrogen and oxygen atoms in total. The Balaban J connectivity index is 2.39. The van der Waals surface area contributed by atoms with E-state index in [9.17, 15) is 0 Å². The van der Waals surface area contributed by atoms with Gasteiger partial charge in [0.2, 0.25) is 0 Å². The molecular formula is C10H12ClN3. The van der Waals surface area contributed by atoms with Crippen LogP contribution in [-0.2, 0) is 0 Å². The fourth-order valence-corrected chi connectivity index (χ4v) is 1.86. The molecule has 14 heavy (non-hydrogen) atoms. The SMILES string of the molecule is Nc1nnc(Cl)cc1C1=CCCCC1. The van der Waals surface area contributed by atoms with Gasteiger partial charge in [0.25, 0.3) is 0 Å². The summed E-state index contributed by atoms with van der Waals surface area (Å²) >= 11 is 5.78. The van der Waals surface area contributed by atoms with Crippen LogP contribution < -0.4 is 5.73 Å². The van der Waals surface area contributed by atoms with Gasteiger partial charge < -0.3 is 5.73 Å². The van der Waals surface area contributed by atoms with Crippen molar-refractivity contribution < 1.29 is 0 Å². The zero-order valence-electron chi connectivity index (χ0n) is 7.83. The number of aromatic nitrogens is 2. The Morgan fingerprint density at radius 3 is 2.86 bits per heavy atom. The van der Waals surface area contributed by atoms with Gasteiger partial charge in [0.15, 0.2) is 11.0 Å². The molecule has 0 atom stereocenters. The Morgan fingerprint density at radius 2 is 2.14 bits per heavy atom. The normalized spacial score (nSPS) is 16.5. The topological polar surface area (TPSA) is 51.8 Å². The van der Waals surface area contributed by atoms with E-state index < -0.39 is 0 Å². The number of hydrogen-bond acceptors (Lipinski definition) is 3. The number of rotatable bonds is 1. The zero-order valence-corrected chi connectivity index (χ0v) is 8.59. The highest BCUT2D eigenvalue weighted by atomic mass is 35.5. The van der Waals surface area contributed by atoms with E-state index in [1.807, 2.05) is 0 Å². The van der Waals surface area contributed by atoms with Crippen LogP contribution in [0.2, 0.25) is 5.15 Å². The van der Waals surface area contributed by atoms with Gasteiger partial charge in [-0.3, -0.25) is 0 Å². The molecular weight excluding hydrogens is 198 g/mol. The van der Waals surface area contributed by atoms with Crippen LogP contribution in [0.5, 0.6) is 0 Å². The lowest BCUT2D eigenvalue weighted by molar-refractivity contribution is 0.741. The van der Waals surface area contributed by atoms with Crippen molar-refractivity contribution in [3.05, 3.63) is 22.9 Å². The van der Waals surface area contributed by atoms with Crippen LogP contribution in [-0.4, -0.2) is 10.2 Å². The third kappa shape index (κ3) is 1.87. The van der Waals surface area contributed by atoms with Crippen molar-refractivity contribution in [1.82, 2.24) is 10.2 Å². The molecule has 0 amide bonds. The van der Waals surface area contributed by atoms with Crippen LogP contribution in [0.1, 0.15) is 31.2 Å². The van der Waals surface area contributed by atoms with Gasteiger partial charge in [0.05, 0.1) is 0 Å². The number of anilines is 1. The number of nitrogens with zero attached hydrogens (tertiary/aromatic N) is 2. The molecule has 0 unspecified atom stereocenters. The number of hydrogen-bond donors (Lipinski definition) is 1. The van der Waals surface area contributed by atoms with Crippen molar-refractivity contribution in [2.24, 2.45) is 0 Å². The van der Waals surface area contributed by atoms with Gasteiger partial charge in [-0.2, -0.15) is 0 Å². The second kappa shape index (κ2) is 3.96. The summed E-state index contributed by atoms with van der Waals surface area (Å²) in [7, 11) is 0. The average molecular weight is 210 g/mol. The largest absolute Gasteiger partial charge is 0.382 e. The zero-order chi connectivity index (χ0) is 9.97. The quantitative estimate of drug-likeness (QED) is 0.774. The predicted molar refractivity (Wildman–Crippen MR) is 57.9 cm³/mol. The molecule has 0 aliphatic heterocycles. The molecule has 74 valence electrons. The Labute approximate surface area is 88.0 Å². The highest BCUT2D eigenvalue weighted by molar-refractivity contribution is 6.29. The van der Waals surface area contributed by atoms with E-state index in [4.69, 9.17) is 17.3 Å². The maximum atomic E-state index is 5.78. The molecule has 0 saturated carbocycles.